The van der Waals surface area contributed by atoms with Crippen LogP contribution in [0.5, 0.6) is 23.5 Å². The molecular formula is C63H72N6O9. The molecular weight excluding hydrogens is 985 g/mol. The molecule has 8 rings (SSSR count). The summed E-state index contributed by atoms with van der Waals surface area (Å²) in [4.78, 5) is 70.4. The maximum atomic E-state index is 13.7. The van der Waals surface area contributed by atoms with Crippen LogP contribution in [0.3, 0.4) is 0 Å². The molecule has 2 aliphatic rings. The van der Waals surface area contributed by atoms with Gasteiger partial charge in [-0.25, -0.2) is 18.9 Å². The number of aryl methyl sites for hydroxylation is 8. The van der Waals surface area contributed by atoms with Crippen LogP contribution in [0, 0.1) is 0 Å². The Balaban J connectivity index is 1.09. The SMILES string of the molecule is CCc1cc(Cc2cc(CC)c(-n3c(O)cc(N(CC)CN(C(C)=O)c4cc(O)n(-c5c(CC)cc(Cc6cc(CC)c(N7C(=O)C=CC7=O)c(CC)c6)cc5CC)c4O)c3O)c(CC)c2)cc(CC)c1N1C(=O)C=CC1=O. The summed E-state index contributed by atoms with van der Waals surface area (Å²) in [6, 6.07) is 19.4. The van der Waals surface area contributed by atoms with Gasteiger partial charge in [0.25, 0.3) is 23.6 Å². The molecule has 15 nitrogen and oxygen atoms in total. The van der Waals surface area contributed by atoms with Gasteiger partial charge in [0, 0.05) is 49.9 Å². The Bertz CT molecular complexity index is 3310. The lowest BCUT2D eigenvalue weighted by molar-refractivity contribution is -0.121. The van der Waals surface area contributed by atoms with Crippen LogP contribution in [0.1, 0.15) is 136 Å². The predicted octanol–water partition coefficient (Wildman–Crippen LogP) is 10.5. The molecule has 0 aliphatic carbocycles. The molecule has 0 radical (unpaired) electrons. The van der Waals surface area contributed by atoms with Crippen molar-refractivity contribution in [3.05, 3.63) is 152 Å². The van der Waals surface area contributed by atoms with E-state index in [4.69, 9.17) is 0 Å². The van der Waals surface area contributed by atoms with Crippen LogP contribution in [0.15, 0.2) is 85.0 Å². The standard InChI is InChI=1S/C63H72N6O9/c1-11-42-26-38(27-43(12-2)58(42)66-52(71)20-21-53(66)72)24-40-30-46(15-5)60(47(16-6)31-40)68-56(75)34-50(62(68)77)64(19-9)36-65(37(10)70)51-35-57(76)69(63(51)78)61-48(17-7)32-41(33-49(61)18-8)25-39-28-44(13-3)59(45(14-4)29-39)67-54(73)22-23-55(67)74/h20-23,26-35,75-78H,11-19,24-25,36H2,1-10H3. The number of nitrogens with zero attached hydrogens (tertiary/aromatic N) is 6. The maximum Gasteiger partial charge on any atom is 0.258 e. The van der Waals surface area contributed by atoms with Crippen LogP contribution in [0.25, 0.3) is 11.4 Å². The van der Waals surface area contributed by atoms with Gasteiger partial charge in [-0.2, -0.15) is 0 Å². The second-order valence-electron chi connectivity index (χ2n) is 20.0. The Hall–Kier alpha value is -8.33. The van der Waals surface area contributed by atoms with Crippen molar-refractivity contribution in [2.75, 3.05) is 32.8 Å². The number of aromatic nitrogens is 2. The normalized spacial score (nSPS) is 13.3. The molecule has 0 saturated carbocycles. The molecule has 0 bridgehead atoms. The van der Waals surface area contributed by atoms with Gasteiger partial charge in [0.15, 0.2) is 0 Å². The third-order valence-electron chi connectivity index (χ3n) is 15.3. The van der Waals surface area contributed by atoms with Crippen molar-refractivity contribution in [1.82, 2.24) is 9.13 Å². The Morgan fingerprint density at radius 2 is 0.679 bits per heavy atom. The summed E-state index contributed by atoms with van der Waals surface area (Å²) in [7, 11) is 0. The van der Waals surface area contributed by atoms with Gasteiger partial charge in [-0.3, -0.25) is 28.9 Å². The number of rotatable bonds is 21. The number of imide groups is 2. The summed E-state index contributed by atoms with van der Waals surface area (Å²) in [5.41, 5.74) is 14.1. The lowest BCUT2D eigenvalue weighted by Gasteiger charge is -2.30. The van der Waals surface area contributed by atoms with E-state index in [0.717, 1.165) is 66.8 Å². The topological polar surface area (TPSA) is 189 Å². The number of aromatic hydroxyl groups is 4. The van der Waals surface area contributed by atoms with Crippen LogP contribution in [-0.2, 0) is 88.2 Å². The first-order valence-corrected chi connectivity index (χ1v) is 27.4. The van der Waals surface area contributed by atoms with E-state index in [9.17, 15) is 44.4 Å². The molecule has 5 amide bonds. The number of amides is 5. The van der Waals surface area contributed by atoms with Crippen LogP contribution in [-0.4, -0.2) is 72.3 Å². The lowest BCUT2D eigenvalue weighted by Crippen LogP contribution is -2.40. The maximum absolute atomic E-state index is 13.7. The first kappa shape index (κ1) is 55.9. The van der Waals surface area contributed by atoms with E-state index in [1.54, 1.807) is 4.90 Å². The van der Waals surface area contributed by atoms with E-state index >= 15 is 0 Å². The van der Waals surface area contributed by atoms with Crippen LogP contribution >= 0.6 is 0 Å². The van der Waals surface area contributed by atoms with Gasteiger partial charge in [-0.1, -0.05) is 104 Å². The van der Waals surface area contributed by atoms with Gasteiger partial charge < -0.3 is 25.3 Å². The average Bonchev–Trinajstić information content (AvgIpc) is 4.18. The summed E-state index contributed by atoms with van der Waals surface area (Å²) in [6.45, 7) is 19.4. The monoisotopic (exact) mass is 1060 g/mol. The van der Waals surface area contributed by atoms with E-state index < -0.39 is 5.91 Å². The smallest absolute Gasteiger partial charge is 0.258 e. The lowest BCUT2D eigenvalue weighted by atomic mass is 9.92. The van der Waals surface area contributed by atoms with Gasteiger partial charge in [-0.15, -0.1) is 0 Å². The fourth-order valence-electron chi connectivity index (χ4n) is 11.4. The molecule has 0 spiro atoms. The van der Waals surface area contributed by atoms with Crippen molar-refractivity contribution in [3.8, 4) is 34.9 Å². The zero-order valence-electron chi connectivity index (χ0n) is 46.6. The number of carbonyl (C=O) groups is 5. The second-order valence-corrected chi connectivity index (χ2v) is 20.0. The van der Waals surface area contributed by atoms with Crippen molar-refractivity contribution >= 4 is 52.3 Å². The van der Waals surface area contributed by atoms with E-state index in [2.05, 4.69) is 48.5 Å². The molecule has 4 aromatic carbocycles. The largest absolute Gasteiger partial charge is 0.494 e. The Labute approximate surface area is 457 Å². The van der Waals surface area contributed by atoms with Crippen molar-refractivity contribution < 1.29 is 44.4 Å². The third-order valence-corrected chi connectivity index (χ3v) is 15.3. The highest BCUT2D eigenvalue weighted by Crippen LogP contribution is 2.45. The Morgan fingerprint density at radius 3 is 0.949 bits per heavy atom. The molecule has 4 heterocycles. The second kappa shape index (κ2) is 23.1. The number of hydrogen-bond donors (Lipinski definition) is 4. The molecule has 15 heteroatoms. The van der Waals surface area contributed by atoms with E-state index in [1.807, 2.05) is 62.3 Å². The summed E-state index contributed by atoms with van der Waals surface area (Å²) in [6.07, 6.45) is 11.1. The summed E-state index contributed by atoms with van der Waals surface area (Å²) >= 11 is 0. The highest BCUT2D eigenvalue weighted by atomic mass is 16.3. The van der Waals surface area contributed by atoms with E-state index in [1.165, 1.54) is 67.2 Å². The van der Waals surface area contributed by atoms with Crippen molar-refractivity contribution in [2.45, 2.75) is 133 Å². The fourth-order valence-corrected chi connectivity index (χ4v) is 11.4. The van der Waals surface area contributed by atoms with Crippen LogP contribution < -0.4 is 19.6 Å². The van der Waals surface area contributed by atoms with Gasteiger partial charge >= 0.3 is 0 Å². The summed E-state index contributed by atoms with van der Waals surface area (Å²) in [5, 5.41) is 47.8. The van der Waals surface area contributed by atoms with Gasteiger partial charge in [-0.05, 0) is 138 Å². The number of carbonyl (C=O) groups excluding carboxylic acids is 5. The Morgan fingerprint density at radius 1 is 0.410 bits per heavy atom. The first-order chi connectivity index (χ1) is 37.4. The molecule has 0 atom stereocenters. The molecule has 408 valence electrons. The van der Waals surface area contributed by atoms with Gasteiger partial charge in [0.2, 0.25) is 29.4 Å². The highest BCUT2D eigenvalue weighted by Gasteiger charge is 2.33. The number of benzene rings is 4. The van der Waals surface area contributed by atoms with Crippen LogP contribution in [0.2, 0.25) is 0 Å². The minimum atomic E-state index is -0.441. The molecule has 78 heavy (non-hydrogen) atoms. The third kappa shape index (κ3) is 10.2. The summed E-state index contributed by atoms with van der Waals surface area (Å²) < 4.78 is 2.81. The molecule has 2 aliphatic heterocycles. The quantitative estimate of drug-likeness (QED) is 0.0399. The zero-order valence-corrected chi connectivity index (χ0v) is 46.6. The Kier molecular flexibility index (Phi) is 16.6. The van der Waals surface area contributed by atoms with Gasteiger partial charge in [0.05, 0.1) is 29.4 Å². The first-order valence-electron chi connectivity index (χ1n) is 27.4. The zero-order chi connectivity index (χ0) is 56.4. The van der Waals surface area contributed by atoms with Crippen molar-refractivity contribution in [3.63, 3.8) is 0 Å². The van der Waals surface area contributed by atoms with Crippen molar-refractivity contribution in [1.29, 1.82) is 0 Å². The van der Waals surface area contributed by atoms with E-state index in [-0.39, 0.29) is 71.7 Å². The molecule has 4 N–H and O–H groups in total. The fraction of sp³-hybridized carbons (Fsp3) is 0.349. The predicted molar refractivity (Wildman–Crippen MR) is 306 cm³/mol. The number of anilines is 4. The minimum absolute atomic E-state index is 0.0538. The average molecular weight is 1060 g/mol. The van der Waals surface area contributed by atoms with Gasteiger partial charge in [0.1, 0.15) is 11.4 Å². The molecule has 0 unspecified atom stereocenters. The number of hydrogen-bond acceptors (Lipinski definition) is 10. The van der Waals surface area contributed by atoms with Crippen molar-refractivity contribution in [2.24, 2.45) is 0 Å². The van der Waals surface area contributed by atoms with Crippen LogP contribution in [0.4, 0.5) is 22.7 Å². The molecule has 6 aromatic rings. The van der Waals surface area contributed by atoms with E-state index in [0.29, 0.717) is 87.0 Å². The molecule has 0 fully saturated rings. The highest BCUT2D eigenvalue weighted by molar-refractivity contribution is 6.29. The molecule has 0 saturated heterocycles. The molecule has 2 aromatic heterocycles. The summed E-state index contributed by atoms with van der Waals surface area (Å²) in [5.74, 6) is -2.90. The minimum Gasteiger partial charge on any atom is -0.494 e.